The Morgan fingerprint density at radius 1 is 1.43 bits per heavy atom. The summed E-state index contributed by atoms with van der Waals surface area (Å²) in [5.74, 6) is -0.174. The second-order valence-electron chi connectivity index (χ2n) is 4.38. The summed E-state index contributed by atoms with van der Waals surface area (Å²) in [5, 5.41) is 7.44. The van der Waals surface area contributed by atoms with Crippen LogP contribution in [0.2, 0.25) is 5.02 Å². The molecule has 0 aliphatic heterocycles. The van der Waals surface area contributed by atoms with Gasteiger partial charge in [0.2, 0.25) is 5.91 Å². The summed E-state index contributed by atoms with van der Waals surface area (Å²) in [6, 6.07) is 9.36. The predicted octanol–water partition coefficient (Wildman–Crippen LogP) is 3.92. The molecule has 2 aromatic rings. The number of nitrogens with one attached hydrogen (secondary N) is 1. The number of hydrogen-bond acceptors (Lipinski definition) is 3. The molecule has 1 unspecified atom stereocenters. The number of methoxy groups -OCH3 is 1. The summed E-state index contributed by atoms with van der Waals surface area (Å²) < 4.78 is 5.37. The second kappa shape index (κ2) is 7.98. The molecule has 0 aliphatic carbocycles. The quantitative estimate of drug-likeness (QED) is 0.819. The smallest absolute Gasteiger partial charge is 0.244 e. The molecule has 21 heavy (non-hydrogen) atoms. The average Bonchev–Trinajstić information content (AvgIpc) is 3.01. The van der Waals surface area contributed by atoms with E-state index in [-0.39, 0.29) is 12.0 Å². The first kappa shape index (κ1) is 15.8. The van der Waals surface area contributed by atoms with E-state index in [1.54, 1.807) is 30.6 Å². The van der Waals surface area contributed by atoms with Gasteiger partial charge in [0.1, 0.15) is 6.10 Å². The van der Waals surface area contributed by atoms with E-state index in [1.807, 2.05) is 35.0 Å². The molecule has 1 atom stereocenters. The van der Waals surface area contributed by atoms with Crippen LogP contribution in [0.3, 0.4) is 0 Å². The molecule has 3 nitrogen and oxygen atoms in total. The minimum Gasteiger partial charge on any atom is -0.375 e. The van der Waals surface area contributed by atoms with Crippen LogP contribution in [-0.4, -0.2) is 19.6 Å². The van der Waals surface area contributed by atoms with Crippen molar-refractivity contribution in [3.63, 3.8) is 0 Å². The van der Waals surface area contributed by atoms with Crippen LogP contribution >= 0.6 is 22.9 Å². The lowest BCUT2D eigenvalue weighted by atomic mass is 10.2. The van der Waals surface area contributed by atoms with Gasteiger partial charge in [0.25, 0.3) is 0 Å². The highest BCUT2D eigenvalue weighted by atomic mass is 35.5. The van der Waals surface area contributed by atoms with Crippen molar-refractivity contribution in [1.82, 2.24) is 5.32 Å². The van der Waals surface area contributed by atoms with Gasteiger partial charge in [-0.15, -0.1) is 0 Å². The zero-order valence-electron chi connectivity index (χ0n) is 11.6. The summed E-state index contributed by atoms with van der Waals surface area (Å²) in [5.41, 5.74) is 1.88. The fourth-order valence-electron chi connectivity index (χ4n) is 1.82. The molecule has 0 spiro atoms. The third-order valence-corrected chi connectivity index (χ3v) is 4.03. The topological polar surface area (TPSA) is 38.3 Å². The number of rotatable bonds is 6. The highest BCUT2D eigenvalue weighted by Gasteiger charge is 2.11. The zero-order chi connectivity index (χ0) is 15.1. The van der Waals surface area contributed by atoms with Crippen molar-refractivity contribution in [3.05, 3.63) is 63.3 Å². The molecule has 1 amide bonds. The molecule has 110 valence electrons. The van der Waals surface area contributed by atoms with Crippen molar-refractivity contribution in [1.29, 1.82) is 0 Å². The molecule has 1 N–H and O–H groups in total. The van der Waals surface area contributed by atoms with Gasteiger partial charge in [-0.05, 0) is 40.1 Å². The van der Waals surface area contributed by atoms with Crippen LogP contribution in [0.5, 0.6) is 0 Å². The summed E-state index contributed by atoms with van der Waals surface area (Å²) in [4.78, 5) is 11.8. The van der Waals surface area contributed by atoms with E-state index in [9.17, 15) is 4.79 Å². The molecule has 0 bridgehead atoms. The molecule has 0 saturated carbocycles. The van der Waals surface area contributed by atoms with Crippen molar-refractivity contribution in [2.75, 3.05) is 13.7 Å². The Balaban J connectivity index is 1.89. The first-order valence-corrected chi connectivity index (χ1v) is 7.78. The summed E-state index contributed by atoms with van der Waals surface area (Å²) in [6.45, 7) is 0.429. The standard InChI is InChI=1S/C16H16ClNO2S/c1-20-15(13-8-9-21-11-13)10-18-16(19)7-6-12-4-2-3-5-14(12)17/h2-9,11,15H,10H2,1H3,(H,18,19)/b7-6+. The number of carbonyl (C=O) groups is 1. The minimum absolute atomic E-state index is 0.131. The summed E-state index contributed by atoms with van der Waals surface area (Å²) in [7, 11) is 1.63. The van der Waals surface area contributed by atoms with E-state index in [0.717, 1.165) is 11.1 Å². The normalized spacial score (nSPS) is 12.5. The number of halogens is 1. The Kier molecular flexibility index (Phi) is 5.99. The molecule has 0 saturated heterocycles. The van der Waals surface area contributed by atoms with E-state index in [4.69, 9.17) is 16.3 Å². The molecule has 5 heteroatoms. The van der Waals surface area contributed by atoms with Gasteiger partial charge in [0.05, 0.1) is 0 Å². The van der Waals surface area contributed by atoms with Gasteiger partial charge in [-0.1, -0.05) is 29.8 Å². The van der Waals surface area contributed by atoms with E-state index in [2.05, 4.69) is 5.32 Å². The summed E-state index contributed by atoms with van der Waals surface area (Å²) >= 11 is 7.63. The van der Waals surface area contributed by atoms with Gasteiger partial charge in [0.15, 0.2) is 0 Å². The second-order valence-corrected chi connectivity index (χ2v) is 5.57. The van der Waals surface area contributed by atoms with Gasteiger partial charge in [-0.3, -0.25) is 4.79 Å². The lowest BCUT2D eigenvalue weighted by molar-refractivity contribution is -0.117. The fraction of sp³-hybridized carbons (Fsp3) is 0.188. The SMILES string of the molecule is COC(CNC(=O)/C=C/c1ccccc1Cl)c1ccsc1. The average molecular weight is 322 g/mol. The van der Waals surface area contributed by atoms with Crippen LogP contribution in [0.15, 0.2) is 47.2 Å². The van der Waals surface area contributed by atoms with Crippen molar-refractivity contribution in [2.24, 2.45) is 0 Å². The van der Waals surface area contributed by atoms with Crippen LogP contribution in [0.1, 0.15) is 17.2 Å². The largest absolute Gasteiger partial charge is 0.375 e. The minimum atomic E-state index is -0.174. The van der Waals surface area contributed by atoms with E-state index >= 15 is 0 Å². The Morgan fingerprint density at radius 2 is 2.24 bits per heavy atom. The highest BCUT2D eigenvalue weighted by molar-refractivity contribution is 7.07. The number of benzene rings is 1. The molecule has 1 aromatic carbocycles. The Bertz CT molecular complexity index is 610. The molecule has 2 rings (SSSR count). The molecular formula is C16H16ClNO2S. The van der Waals surface area contributed by atoms with Crippen LogP contribution in [0, 0.1) is 0 Å². The van der Waals surface area contributed by atoms with Crippen molar-refractivity contribution in [3.8, 4) is 0 Å². The van der Waals surface area contributed by atoms with Gasteiger partial charge >= 0.3 is 0 Å². The third-order valence-electron chi connectivity index (χ3n) is 2.98. The Morgan fingerprint density at radius 3 is 2.90 bits per heavy atom. The monoisotopic (exact) mass is 321 g/mol. The maximum atomic E-state index is 11.8. The highest BCUT2D eigenvalue weighted by Crippen LogP contribution is 2.19. The van der Waals surface area contributed by atoms with Crippen LogP contribution < -0.4 is 5.32 Å². The zero-order valence-corrected chi connectivity index (χ0v) is 13.2. The number of ether oxygens (including phenoxy) is 1. The first-order chi connectivity index (χ1) is 10.2. The van der Waals surface area contributed by atoms with E-state index in [0.29, 0.717) is 11.6 Å². The molecular weight excluding hydrogens is 306 g/mol. The van der Waals surface area contributed by atoms with Crippen LogP contribution in [0.4, 0.5) is 0 Å². The van der Waals surface area contributed by atoms with Gasteiger partial charge in [-0.2, -0.15) is 11.3 Å². The van der Waals surface area contributed by atoms with Crippen LogP contribution in [0.25, 0.3) is 6.08 Å². The predicted molar refractivity (Wildman–Crippen MR) is 87.6 cm³/mol. The Hall–Kier alpha value is -1.62. The van der Waals surface area contributed by atoms with E-state index < -0.39 is 0 Å². The van der Waals surface area contributed by atoms with Gasteiger partial charge in [0, 0.05) is 24.8 Å². The van der Waals surface area contributed by atoms with Crippen LogP contribution in [-0.2, 0) is 9.53 Å². The third kappa shape index (κ3) is 4.70. The molecule has 0 radical (unpaired) electrons. The molecule has 0 fully saturated rings. The summed E-state index contributed by atoms with van der Waals surface area (Å²) in [6.07, 6.45) is 3.04. The van der Waals surface area contributed by atoms with Crippen molar-refractivity contribution >= 4 is 34.9 Å². The number of amides is 1. The van der Waals surface area contributed by atoms with Crippen molar-refractivity contribution in [2.45, 2.75) is 6.10 Å². The molecule has 1 aromatic heterocycles. The molecule has 0 aliphatic rings. The maximum Gasteiger partial charge on any atom is 0.244 e. The molecule has 1 heterocycles. The first-order valence-electron chi connectivity index (χ1n) is 6.46. The van der Waals surface area contributed by atoms with Gasteiger partial charge in [-0.25, -0.2) is 0 Å². The lowest BCUT2D eigenvalue weighted by Crippen LogP contribution is -2.27. The number of carbonyl (C=O) groups excluding carboxylic acids is 1. The number of hydrogen-bond donors (Lipinski definition) is 1. The number of thiophene rings is 1. The fourth-order valence-corrected chi connectivity index (χ4v) is 2.72. The van der Waals surface area contributed by atoms with Gasteiger partial charge < -0.3 is 10.1 Å². The van der Waals surface area contributed by atoms with Crippen molar-refractivity contribution < 1.29 is 9.53 Å². The Labute approximate surface area is 133 Å². The lowest BCUT2D eigenvalue weighted by Gasteiger charge is -2.14. The maximum absolute atomic E-state index is 11.8. The van der Waals surface area contributed by atoms with E-state index in [1.165, 1.54) is 6.08 Å².